The number of methoxy groups -OCH3 is 1. The molecule has 1 nitrogen and oxygen atoms in total. The Morgan fingerprint density at radius 2 is 1.76 bits per heavy atom. The summed E-state index contributed by atoms with van der Waals surface area (Å²) in [6, 6.07) is 8.87. The molecule has 0 heterocycles. The van der Waals surface area contributed by atoms with Crippen LogP contribution in [0.2, 0.25) is 0 Å². The zero-order chi connectivity index (χ0) is 15.3. The standard InChI is InChI=1S/C19H29ClO/c1-15(2)14-19(11-4-5-12-19)18(20)17-8-6-16(7-9-17)10-13-21-3/h6-9,15,18H,4-5,10-14H2,1-3H3. The van der Waals surface area contributed by atoms with Crippen molar-refractivity contribution in [3.63, 3.8) is 0 Å². The molecule has 0 aliphatic heterocycles. The molecule has 21 heavy (non-hydrogen) atoms. The van der Waals surface area contributed by atoms with E-state index in [2.05, 4.69) is 38.1 Å². The summed E-state index contributed by atoms with van der Waals surface area (Å²) in [4.78, 5) is 0. The molecule has 0 aromatic heterocycles. The highest BCUT2D eigenvalue weighted by molar-refractivity contribution is 6.21. The third-order valence-corrected chi connectivity index (χ3v) is 5.53. The van der Waals surface area contributed by atoms with Crippen molar-refractivity contribution in [2.75, 3.05) is 13.7 Å². The second-order valence-electron chi connectivity index (χ2n) is 7.01. The number of rotatable bonds is 7. The molecule has 1 saturated carbocycles. The number of ether oxygens (including phenoxy) is 1. The molecule has 1 aliphatic carbocycles. The van der Waals surface area contributed by atoms with Gasteiger partial charge in [0.25, 0.3) is 0 Å². The molecule has 1 fully saturated rings. The Bertz CT molecular complexity index is 418. The number of halogens is 1. The highest BCUT2D eigenvalue weighted by Gasteiger charge is 2.41. The van der Waals surface area contributed by atoms with Crippen LogP contribution in [0.1, 0.15) is 62.5 Å². The van der Waals surface area contributed by atoms with Gasteiger partial charge in [-0.15, -0.1) is 11.6 Å². The van der Waals surface area contributed by atoms with Crippen LogP contribution in [-0.4, -0.2) is 13.7 Å². The molecule has 0 amide bonds. The first-order valence-corrected chi connectivity index (χ1v) is 8.73. The third-order valence-electron chi connectivity index (χ3n) is 4.82. The fraction of sp³-hybridized carbons (Fsp3) is 0.684. The van der Waals surface area contributed by atoms with Crippen molar-refractivity contribution >= 4 is 11.6 Å². The minimum absolute atomic E-state index is 0.152. The van der Waals surface area contributed by atoms with Crippen LogP contribution in [0, 0.1) is 11.3 Å². The first kappa shape index (κ1) is 16.8. The molecule has 2 heteroatoms. The lowest BCUT2D eigenvalue weighted by Crippen LogP contribution is -2.24. The molecule has 1 aliphatic rings. The Balaban J connectivity index is 2.11. The van der Waals surface area contributed by atoms with E-state index < -0.39 is 0 Å². The van der Waals surface area contributed by atoms with Gasteiger partial charge in [0.15, 0.2) is 0 Å². The third kappa shape index (κ3) is 4.23. The summed E-state index contributed by atoms with van der Waals surface area (Å²) in [5.41, 5.74) is 2.93. The van der Waals surface area contributed by atoms with Gasteiger partial charge in [-0.3, -0.25) is 0 Å². The van der Waals surface area contributed by atoms with E-state index in [0.717, 1.165) is 13.0 Å². The molecule has 118 valence electrons. The van der Waals surface area contributed by atoms with Crippen LogP contribution < -0.4 is 0 Å². The summed E-state index contributed by atoms with van der Waals surface area (Å²) >= 11 is 6.95. The molecule has 2 rings (SSSR count). The Morgan fingerprint density at radius 1 is 1.14 bits per heavy atom. The Kier molecular flexibility index (Phi) is 6.13. The van der Waals surface area contributed by atoms with Gasteiger partial charge < -0.3 is 4.74 Å². The van der Waals surface area contributed by atoms with Crippen LogP contribution in [0.5, 0.6) is 0 Å². The highest BCUT2D eigenvalue weighted by Crippen LogP contribution is 2.54. The van der Waals surface area contributed by atoms with Crippen LogP contribution in [-0.2, 0) is 11.2 Å². The summed E-state index contributed by atoms with van der Waals surface area (Å²) in [6.07, 6.45) is 7.45. The maximum absolute atomic E-state index is 6.95. The second kappa shape index (κ2) is 7.65. The maximum Gasteiger partial charge on any atom is 0.0641 e. The van der Waals surface area contributed by atoms with Gasteiger partial charge in [-0.05, 0) is 48.1 Å². The van der Waals surface area contributed by atoms with Gasteiger partial charge in [-0.1, -0.05) is 51.0 Å². The van der Waals surface area contributed by atoms with Gasteiger partial charge in [0.2, 0.25) is 0 Å². The van der Waals surface area contributed by atoms with E-state index >= 15 is 0 Å². The highest BCUT2D eigenvalue weighted by atomic mass is 35.5. The SMILES string of the molecule is COCCc1ccc(C(Cl)C2(CC(C)C)CCCC2)cc1. The summed E-state index contributed by atoms with van der Waals surface area (Å²) in [6.45, 7) is 5.41. The van der Waals surface area contributed by atoms with E-state index in [9.17, 15) is 0 Å². The van der Waals surface area contributed by atoms with Crippen LogP contribution >= 0.6 is 11.6 Å². The van der Waals surface area contributed by atoms with Crippen LogP contribution in [0.15, 0.2) is 24.3 Å². The summed E-state index contributed by atoms with van der Waals surface area (Å²) < 4.78 is 5.14. The zero-order valence-corrected chi connectivity index (χ0v) is 14.5. The van der Waals surface area contributed by atoms with Crippen molar-refractivity contribution in [3.8, 4) is 0 Å². The lowest BCUT2D eigenvalue weighted by Gasteiger charge is -2.36. The van der Waals surface area contributed by atoms with E-state index in [1.807, 2.05) is 0 Å². The molecule has 0 radical (unpaired) electrons. The predicted octanol–water partition coefficient (Wildman–Crippen LogP) is 5.76. The van der Waals surface area contributed by atoms with Crippen molar-refractivity contribution in [2.24, 2.45) is 11.3 Å². The largest absolute Gasteiger partial charge is 0.384 e. The summed E-state index contributed by atoms with van der Waals surface area (Å²) in [5.74, 6) is 0.713. The van der Waals surface area contributed by atoms with Gasteiger partial charge in [0.1, 0.15) is 0 Å². The molecule has 1 atom stereocenters. The van der Waals surface area contributed by atoms with Gasteiger partial charge in [0, 0.05) is 7.11 Å². The van der Waals surface area contributed by atoms with Gasteiger partial charge >= 0.3 is 0 Å². The topological polar surface area (TPSA) is 9.23 Å². The average molecular weight is 309 g/mol. The van der Waals surface area contributed by atoms with E-state index in [4.69, 9.17) is 16.3 Å². The normalized spacial score (nSPS) is 19.1. The molecule has 1 unspecified atom stereocenters. The average Bonchev–Trinajstić information content (AvgIpc) is 2.93. The number of alkyl halides is 1. The number of hydrogen-bond donors (Lipinski definition) is 0. The Hall–Kier alpha value is -0.530. The van der Waals surface area contributed by atoms with Gasteiger partial charge in [-0.2, -0.15) is 0 Å². The molecular formula is C19H29ClO. The van der Waals surface area contributed by atoms with Gasteiger partial charge in [0.05, 0.1) is 12.0 Å². The van der Waals surface area contributed by atoms with Crippen molar-refractivity contribution in [2.45, 2.75) is 57.7 Å². The van der Waals surface area contributed by atoms with Crippen LogP contribution in [0.25, 0.3) is 0 Å². The Labute approximate surface area is 135 Å². The fourth-order valence-electron chi connectivity index (χ4n) is 3.88. The van der Waals surface area contributed by atoms with Gasteiger partial charge in [-0.25, -0.2) is 0 Å². The minimum atomic E-state index is 0.152. The summed E-state index contributed by atoms with van der Waals surface area (Å²) in [5, 5.41) is 0.152. The van der Waals surface area contributed by atoms with E-state index in [1.165, 1.54) is 43.2 Å². The van der Waals surface area contributed by atoms with Crippen LogP contribution in [0.3, 0.4) is 0 Å². The molecule has 0 bridgehead atoms. The smallest absolute Gasteiger partial charge is 0.0641 e. The summed E-state index contributed by atoms with van der Waals surface area (Å²) in [7, 11) is 1.75. The molecule has 1 aromatic rings. The number of benzene rings is 1. The number of hydrogen-bond acceptors (Lipinski definition) is 1. The van der Waals surface area contributed by atoms with E-state index in [1.54, 1.807) is 7.11 Å². The molecule has 0 spiro atoms. The van der Waals surface area contributed by atoms with Crippen LogP contribution in [0.4, 0.5) is 0 Å². The van der Waals surface area contributed by atoms with E-state index in [0.29, 0.717) is 11.3 Å². The van der Waals surface area contributed by atoms with Crippen molar-refractivity contribution in [1.82, 2.24) is 0 Å². The monoisotopic (exact) mass is 308 g/mol. The first-order chi connectivity index (χ1) is 10.1. The second-order valence-corrected chi connectivity index (χ2v) is 7.45. The molecule has 0 saturated heterocycles. The van der Waals surface area contributed by atoms with Crippen molar-refractivity contribution in [3.05, 3.63) is 35.4 Å². The quantitative estimate of drug-likeness (QED) is 0.582. The zero-order valence-electron chi connectivity index (χ0n) is 13.7. The van der Waals surface area contributed by atoms with E-state index in [-0.39, 0.29) is 5.38 Å². The first-order valence-electron chi connectivity index (χ1n) is 8.29. The van der Waals surface area contributed by atoms with Crippen molar-refractivity contribution in [1.29, 1.82) is 0 Å². The lowest BCUT2D eigenvalue weighted by atomic mass is 9.73. The molecular weight excluding hydrogens is 280 g/mol. The minimum Gasteiger partial charge on any atom is -0.384 e. The molecule has 0 N–H and O–H groups in total. The van der Waals surface area contributed by atoms with Crippen molar-refractivity contribution < 1.29 is 4.74 Å². The Morgan fingerprint density at radius 3 is 2.29 bits per heavy atom. The maximum atomic E-state index is 6.95. The lowest BCUT2D eigenvalue weighted by molar-refractivity contribution is 0.202. The molecule has 1 aromatic carbocycles. The fourth-order valence-corrected chi connectivity index (χ4v) is 4.33. The predicted molar refractivity (Wildman–Crippen MR) is 91.0 cm³/mol.